The molecule has 410 valence electrons. The van der Waals surface area contributed by atoms with Gasteiger partial charge in [0.2, 0.25) is 47.3 Å². The number of para-hydroxylation sites is 1. The second-order valence-corrected chi connectivity index (χ2v) is 23.6. The molecule has 2 fully saturated rings. The van der Waals surface area contributed by atoms with Gasteiger partial charge < -0.3 is 47.1 Å². The predicted octanol–water partition coefficient (Wildman–Crippen LogP) is 1.83. The molecule has 19 nitrogen and oxygen atoms in total. The van der Waals surface area contributed by atoms with Gasteiger partial charge in [-0.1, -0.05) is 107 Å². The van der Waals surface area contributed by atoms with Gasteiger partial charge in [0.25, 0.3) is 0 Å². The minimum atomic E-state index is -1.42. The molecule has 4 aromatic rings. The first-order valence-electron chi connectivity index (χ1n) is 25.9. The second-order valence-electron chi connectivity index (χ2n) is 20.5. The molecule has 3 heterocycles. The van der Waals surface area contributed by atoms with E-state index in [1.807, 2.05) is 38.1 Å². The summed E-state index contributed by atoms with van der Waals surface area (Å²) in [4.78, 5) is 122. The molecule has 0 radical (unpaired) electrons. The summed E-state index contributed by atoms with van der Waals surface area (Å²) < 4.78 is 25.0. The first-order valence-corrected chi connectivity index (χ1v) is 29.4. The molecule has 8 amide bonds. The van der Waals surface area contributed by atoms with Crippen LogP contribution in [-0.4, -0.2) is 144 Å². The lowest BCUT2D eigenvalue weighted by Gasteiger charge is -2.32. The van der Waals surface area contributed by atoms with Crippen LogP contribution in [0.2, 0.25) is 0 Å². The number of hydrogen-bond donors (Lipinski definition) is 8. The van der Waals surface area contributed by atoms with Crippen LogP contribution in [0.25, 0.3) is 10.9 Å². The van der Waals surface area contributed by atoms with E-state index in [1.54, 1.807) is 80.7 Å². The van der Waals surface area contributed by atoms with Gasteiger partial charge in [0.15, 0.2) is 0 Å². The molecule has 10 atom stereocenters. The smallest absolute Gasteiger partial charge is 0.245 e. The molecule has 0 bridgehead atoms. The number of hydrogen-bond acceptors (Lipinski definition) is 10. The van der Waals surface area contributed by atoms with Crippen LogP contribution in [0.3, 0.4) is 0 Å². The number of rotatable bonds is 15. The van der Waals surface area contributed by atoms with Crippen LogP contribution >= 0.6 is 0 Å². The Morgan fingerprint density at radius 1 is 0.526 bits per heavy atom. The van der Waals surface area contributed by atoms with Gasteiger partial charge in [-0.2, -0.15) is 0 Å². The van der Waals surface area contributed by atoms with E-state index in [2.05, 4.69) is 42.2 Å². The van der Waals surface area contributed by atoms with E-state index in [0.717, 1.165) is 10.9 Å². The monoisotopic (exact) mass is 1080 g/mol. The van der Waals surface area contributed by atoms with Crippen LogP contribution in [0.1, 0.15) is 76.5 Å². The molecule has 3 aromatic carbocycles. The first kappa shape index (κ1) is 58.5. The van der Waals surface area contributed by atoms with Crippen molar-refractivity contribution in [2.75, 3.05) is 30.6 Å². The molecule has 8 N–H and O–H groups in total. The zero-order valence-electron chi connectivity index (χ0n) is 44.1. The highest BCUT2D eigenvalue weighted by molar-refractivity contribution is 7.84. The zero-order valence-corrected chi connectivity index (χ0v) is 45.7. The molecule has 21 heteroatoms. The molecule has 1 aromatic heterocycles. The van der Waals surface area contributed by atoms with E-state index in [1.165, 1.54) is 17.4 Å². The summed E-state index contributed by atoms with van der Waals surface area (Å²) in [6.45, 7) is 7.18. The molecule has 76 heavy (non-hydrogen) atoms. The predicted molar refractivity (Wildman–Crippen MR) is 292 cm³/mol. The number of aromatic nitrogens is 1. The number of amides is 8. The third-order valence-electron chi connectivity index (χ3n) is 13.6. The molecule has 0 aliphatic carbocycles. The van der Waals surface area contributed by atoms with Crippen molar-refractivity contribution < 1.29 is 46.8 Å². The van der Waals surface area contributed by atoms with Crippen molar-refractivity contribution in [2.24, 2.45) is 11.8 Å². The van der Waals surface area contributed by atoms with Crippen LogP contribution in [0.15, 0.2) is 91.1 Å². The van der Waals surface area contributed by atoms with Gasteiger partial charge in [0.1, 0.15) is 48.3 Å². The maximum atomic E-state index is 14.9. The second kappa shape index (κ2) is 27.9. The van der Waals surface area contributed by atoms with Gasteiger partial charge in [-0.15, -0.1) is 0 Å². The maximum Gasteiger partial charge on any atom is 0.245 e. The summed E-state index contributed by atoms with van der Waals surface area (Å²) in [5, 5.41) is 20.6. The molecule has 6 rings (SSSR count). The molecular formula is C55H73N9O10S2. The zero-order chi connectivity index (χ0) is 55.1. The van der Waals surface area contributed by atoms with E-state index >= 15 is 0 Å². The van der Waals surface area contributed by atoms with Gasteiger partial charge in [-0.25, -0.2) is 0 Å². The Balaban J connectivity index is 1.45. The van der Waals surface area contributed by atoms with E-state index in [-0.39, 0.29) is 68.9 Å². The molecule has 2 saturated heterocycles. The number of nitrogens with zero attached hydrogens (tertiary/aromatic N) is 1. The lowest BCUT2D eigenvalue weighted by Crippen LogP contribution is -2.62. The quantitative estimate of drug-likeness (QED) is 0.0856. The lowest BCUT2D eigenvalue weighted by molar-refractivity contribution is -0.142. The molecule has 2 aliphatic rings. The Morgan fingerprint density at radius 2 is 0.987 bits per heavy atom. The fourth-order valence-corrected chi connectivity index (χ4v) is 10.7. The number of nitrogens with one attached hydrogen (secondary N) is 8. The largest absolute Gasteiger partial charge is 0.361 e. The molecule has 2 aliphatic heterocycles. The molecule has 0 spiro atoms. The number of carbonyl (C=O) groups is 8. The standard InChI is InChI=1S/C55H73N9O10S2/c1-33(2)28-42-49(66)58-41(24-27-76(6)74)55(72)64-25-15-22-46(64)53(70)62-44(30-36-18-11-8-12-19-36)51(68)60-43(29-35-16-9-7-10-17-35)50(67)61-45(31-37-32-56-39-21-14-13-20-38(37)39)52(69)63-47(34(3)4)54(71)57-40(48(65)59-42)23-26-75(5)73/h7-14,16-21,32-34,40-47,56H,15,22-31H2,1-6H3,(H,57,71)(H,58,66)(H,59,65)(H,60,68)(H,61,67)(H,62,70)(H,63,69). The Bertz CT molecular complexity index is 2740. The SMILES string of the molecule is CC(C)CC1NC(=O)C(CCS(C)=O)NC(=O)C(C(C)C)NC(=O)C(Cc2c[nH]c3ccccc23)NC(=O)C(Cc2ccccc2)NC(=O)C(Cc2ccccc2)NC(=O)C2CCCN2C(=O)C(CCS(C)=O)NC1=O. The van der Waals surface area contributed by atoms with Crippen molar-refractivity contribution in [2.45, 2.75) is 127 Å². The van der Waals surface area contributed by atoms with Crippen molar-refractivity contribution in [3.05, 3.63) is 108 Å². The third kappa shape index (κ3) is 16.6. The van der Waals surface area contributed by atoms with Crippen molar-refractivity contribution >= 4 is 79.8 Å². The van der Waals surface area contributed by atoms with Crippen LogP contribution in [0.5, 0.6) is 0 Å². The Morgan fingerprint density at radius 3 is 1.55 bits per heavy atom. The van der Waals surface area contributed by atoms with Crippen LogP contribution in [-0.2, 0) is 79.2 Å². The highest BCUT2D eigenvalue weighted by Crippen LogP contribution is 2.22. The minimum absolute atomic E-state index is 0.00980. The maximum absolute atomic E-state index is 14.9. The summed E-state index contributed by atoms with van der Waals surface area (Å²) in [5.41, 5.74) is 2.80. The number of fused-ring (bicyclic) bond motifs is 2. The Hall–Kier alpha value is -6.74. The van der Waals surface area contributed by atoms with E-state index in [4.69, 9.17) is 0 Å². The lowest BCUT2D eigenvalue weighted by atomic mass is 9.99. The molecular weight excluding hydrogens is 1010 g/mol. The number of benzene rings is 3. The Labute approximate surface area is 449 Å². The van der Waals surface area contributed by atoms with Crippen molar-refractivity contribution in [1.29, 1.82) is 0 Å². The van der Waals surface area contributed by atoms with Crippen LogP contribution < -0.4 is 37.2 Å². The summed E-state index contributed by atoms with van der Waals surface area (Å²) in [7, 11) is -2.81. The number of aromatic amines is 1. The van der Waals surface area contributed by atoms with Crippen molar-refractivity contribution in [3.63, 3.8) is 0 Å². The summed E-state index contributed by atoms with van der Waals surface area (Å²) in [5.74, 6) is -6.51. The number of H-pyrrole nitrogens is 1. The molecule has 0 saturated carbocycles. The average molecular weight is 1080 g/mol. The average Bonchev–Trinajstić information content (AvgIpc) is 4.05. The van der Waals surface area contributed by atoms with Gasteiger partial charge in [-0.3, -0.25) is 46.8 Å². The van der Waals surface area contributed by atoms with Crippen LogP contribution in [0, 0.1) is 11.8 Å². The van der Waals surface area contributed by atoms with Crippen molar-refractivity contribution in [3.8, 4) is 0 Å². The van der Waals surface area contributed by atoms with Gasteiger partial charge in [0.05, 0.1) is 0 Å². The van der Waals surface area contributed by atoms with E-state index in [0.29, 0.717) is 23.1 Å². The van der Waals surface area contributed by atoms with Crippen molar-refractivity contribution in [1.82, 2.24) is 47.1 Å². The van der Waals surface area contributed by atoms with E-state index in [9.17, 15) is 46.8 Å². The highest BCUT2D eigenvalue weighted by atomic mass is 32.2. The summed E-state index contributed by atoms with van der Waals surface area (Å²) >= 11 is 0. The first-order chi connectivity index (χ1) is 36.3. The van der Waals surface area contributed by atoms with Gasteiger partial charge >= 0.3 is 0 Å². The highest BCUT2D eigenvalue weighted by Gasteiger charge is 2.41. The summed E-state index contributed by atoms with van der Waals surface area (Å²) in [6, 6.07) is 15.1. The van der Waals surface area contributed by atoms with Gasteiger partial charge in [-0.05, 0) is 66.7 Å². The van der Waals surface area contributed by atoms with Crippen LogP contribution in [0.4, 0.5) is 0 Å². The summed E-state index contributed by atoms with van der Waals surface area (Å²) in [6.07, 6.45) is 5.06. The van der Waals surface area contributed by atoms with Gasteiger partial charge in [0, 0.05) is 88.5 Å². The topological polar surface area (TPSA) is 274 Å². The molecule has 10 unspecified atom stereocenters. The number of carbonyl (C=O) groups excluding carboxylic acids is 8. The fraction of sp³-hybridized carbons (Fsp3) is 0.491. The normalized spacial score (nSPS) is 24.8. The Kier molecular flexibility index (Phi) is 21.5. The third-order valence-corrected chi connectivity index (χ3v) is 15.2. The minimum Gasteiger partial charge on any atom is -0.361 e. The van der Waals surface area contributed by atoms with E-state index < -0.39 is 123 Å². The fourth-order valence-electron chi connectivity index (χ4n) is 9.56.